The first kappa shape index (κ1) is 13.0. The summed E-state index contributed by atoms with van der Waals surface area (Å²) in [5, 5.41) is 1.41. The monoisotopic (exact) mass is 280 g/mol. The molecule has 0 saturated carbocycles. The van der Waals surface area contributed by atoms with Crippen LogP contribution in [0.4, 0.5) is 0 Å². The fourth-order valence-corrected chi connectivity index (χ4v) is 3.57. The Balaban J connectivity index is 2.49. The molecule has 0 bridgehead atoms. The zero-order valence-corrected chi connectivity index (χ0v) is 12.2. The van der Waals surface area contributed by atoms with Gasteiger partial charge in [-0.3, -0.25) is 9.59 Å². The van der Waals surface area contributed by atoms with Crippen molar-refractivity contribution < 1.29 is 9.59 Å². The SMILES string of the molecule is CC(=O)c1sc(-c2nc(C)c(C(C)=O)s2)nc1C. The lowest BCUT2D eigenvalue weighted by atomic mass is 10.3. The minimum absolute atomic E-state index is 0.0105. The zero-order chi connectivity index (χ0) is 13.4. The molecule has 0 unspecified atom stereocenters. The van der Waals surface area contributed by atoms with E-state index in [1.807, 2.05) is 13.8 Å². The van der Waals surface area contributed by atoms with Crippen LogP contribution in [-0.4, -0.2) is 21.5 Å². The van der Waals surface area contributed by atoms with Gasteiger partial charge in [0.1, 0.15) is 0 Å². The van der Waals surface area contributed by atoms with Crippen molar-refractivity contribution in [3.63, 3.8) is 0 Å². The van der Waals surface area contributed by atoms with Crippen LogP contribution >= 0.6 is 22.7 Å². The molecule has 2 aromatic heterocycles. The molecule has 0 saturated heterocycles. The van der Waals surface area contributed by atoms with E-state index in [9.17, 15) is 9.59 Å². The van der Waals surface area contributed by atoms with Gasteiger partial charge in [0.05, 0.1) is 21.1 Å². The second-order valence-electron chi connectivity index (χ2n) is 3.98. The predicted molar refractivity (Wildman–Crippen MR) is 72.7 cm³/mol. The molecule has 6 heteroatoms. The Morgan fingerprint density at radius 1 is 0.833 bits per heavy atom. The predicted octanol–water partition coefficient (Wildman–Crippen LogP) is 3.29. The van der Waals surface area contributed by atoms with E-state index in [1.165, 1.54) is 36.5 Å². The number of nitrogens with zero attached hydrogens (tertiary/aromatic N) is 2. The van der Waals surface area contributed by atoms with Gasteiger partial charge in [-0.25, -0.2) is 9.97 Å². The van der Waals surface area contributed by atoms with E-state index in [2.05, 4.69) is 9.97 Å². The lowest BCUT2D eigenvalue weighted by Gasteiger charge is -1.86. The highest BCUT2D eigenvalue weighted by molar-refractivity contribution is 7.23. The second-order valence-corrected chi connectivity index (χ2v) is 5.98. The van der Waals surface area contributed by atoms with Crippen molar-refractivity contribution in [2.75, 3.05) is 0 Å². The van der Waals surface area contributed by atoms with Gasteiger partial charge in [0.2, 0.25) is 0 Å². The van der Waals surface area contributed by atoms with Crippen molar-refractivity contribution in [1.82, 2.24) is 9.97 Å². The zero-order valence-electron chi connectivity index (χ0n) is 10.5. The third kappa shape index (κ3) is 2.26. The van der Waals surface area contributed by atoms with Crippen LogP contribution in [0.15, 0.2) is 0 Å². The molecular formula is C12H12N2O2S2. The van der Waals surface area contributed by atoms with Gasteiger partial charge >= 0.3 is 0 Å². The number of carbonyl (C=O) groups is 2. The van der Waals surface area contributed by atoms with Gasteiger partial charge in [0, 0.05) is 13.8 Å². The third-order valence-electron chi connectivity index (χ3n) is 2.42. The molecule has 2 heterocycles. The number of aryl methyl sites for hydroxylation is 2. The third-order valence-corrected chi connectivity index (χ3v) is 5.07. The van der Waals surface area contributed by atoms with Crippen LogP contribution in [0.2, 0.25) is 0 Å². The average molecular weight is 280 g/mol. The number of aromatic nitrogens is 2. The van der Waals surface area contributed by atoms with Crippen molar-refractivity contribution in [3.8, 4) is 10.0 Å². The Hall–Kier alpha value is -1.40. The molecule has 0 atom stereocenters. The average Bonchev–Trinajstić information content (AvgIpc) is 2.81. The first-order chi connectivity index (χ1) is 8.40. The molecule has 0 N–H and O–H groups in total. The Morgan fingerprint density at radius 3 is 1.39 bits per heavy atom. The van der Waals surface area contributed by atoms with E-state index in [0.717, 1.165) is 11.4 Å². The number of Topliss-reactive ketones (excluding diaryl/α,β-unsaturated/α-hetero) is 2. The van der Waals surface area contributed by atoms with Crippen molar-refractivity contribution in [2.24, 2.45) is 0 Å². The number of carbonyl (C=O) groups excluding carboxylic acids is 2. The number of ketones is 2. The summed E-state index contributed by atoms with van der Waals surface area (Å²) in [6, 6.07) is 0. The van der Waals surface area contributed by atoms with E-state index >= 15 is 0 Å². The number of rotatable bonds is 3. The van der Waals surface area contributed by atoms with E-state index in [0.29, 0.717) is 19.8 Å². The highest BCUT2D eigenvalue weighted by atomic mass is 32.1. The molecule has 0 radical (unpaired) electrons. The Morgan fingerprint density at radius 2 is 1.17 bits per heavy atom. The van der Waals surface area contributed by atoms with Gasteiger partial charge in [-0.2, -0.15) is 0 Å². The summed E-state index contributed by atoms with van der Waals surface area (Å²) in [7, 11) is 0. The Bertz CT molecular complexity index is 584. The summed E-state index contributed by atoms with van der Waals surface area (Å²) in [4.78, 5) is 32.8. The minimum atomic E-state index is 0.0105. The van der Waals surface area contributed by atoms with Gasteiger partial charge < -0.3 is 0 Å². The quantitative estimate of drug-likeness (QED) is 0.809. The summed E-state index contributed by atoms with van der Waals surface area (Å²) in [5.74, 6) is 0.0210. The number of thiazole rings is 2. The van der Waals surface area contributed by atoms with Crippen LogP contribution in [0.25, 0.3) is 10.0 Å². The maximum Gasteiger partial charge on any atom is 0.171 e. The van der Waals surface area contributed by atoms with Gasteiger partial charge in [-0.15, -0.1) is 22.7 Å². The normalized spacial score (nSPS) is 10.7. The molecular weight excluding hydrogens is 268 g/mol. The van der Waals surface area contributed by atoms with Gasteiger partial charge in [0.15, 0.2) is 21.6 Å². The molecule has 0 aliphatic rings. The van der Waals surface area contributed by atoms with Crippen molar-refractivity contribution in [3.05, 3.63) is 21.1 Å². The first-order valence-electron chi connectivity index (χ1n) is 5.37. The van der Waals surface area contributed by atoms with Gasteiger partial charge in [-0.05, 0) is 13.8 Å². The Labute approximate surface area is 113 Å². The molecule has 2 aromatic rings. The molecule has 0 aliphatic carbocycles. The summed E-state index contributed by atoms with van der Waals surface area (Å²) in [6.45, 7) is 6.67. The molecule has 0 fully saturated rings. The van der Waals surface area contributed by atoms with Crippen molar-refractivity contribution in [2.45, 2.75) is 27.7 Å². The molecule has 18 heavy (non-hydrogen) atoms. The maximum atomic E-state index is 11.4. The largest absolute Gasteiger partial charge is 0.294 e. The van der Waals surface area contributed by atoms with Crippen molar-refractivity contribution in [1.29, 1.82) is 0 Å². The van der Waals surface area contributed by atoms with Gasteiger partial charge in [0.25, 0.3) is 0 Å². The fourth-order valence-electron chi connectivity index (χ4n) is 1.63. The van der Waals surface area contributed by atoms with Crippen LogP contribution in [0.3, 0.4) is 0 Å². The molecule has 4 nitrogen and oxygen atoms in total. The van der Waals surface area contributed by atoms with Crippen LogP contribution in [-0.2, 0) is 0 Å². The number of hydrogen-bond acceptors (Lipinski definition) is 6. The Kier molecular flexibility index (Phi) is 3.41. The van der Waals surface area contributed by atoms with Crippen LogP contribution < -0.4 is 0 Å². The summed E-state index contributed by atoms with van der Waals surface area (Å²) < 4.78 is 0. The summed E-state index contributed by atoms with van der Waals surface area (Å²) in [6.07, 6.45) is 0. The lowest BCUT2D eigenvalue weighted by Crippen LogP contribution is -1.89. The minimum Gasteiger partial charge on any atom is -0.294 e. The van der Waals surface area contributed by atoms with Crippen LogP contribution in [0.1, 0.15) is 44.6 Å². The van der Waals surface area contributed by atoms with Gasteiger partial charge in [-0.1, -0.05) is 0 Å². The van der Waals surface area contributed by atoms with Crippen molar-refractivity contribution >= 4 is 34.2 Å². The smallest absolute Gasteiger partial charge is 0.171 e. The second kappa shape index (κ2) is 4.70. The fraction of sp³-hybridized carbons (Fsp3) is 0.333. The van der Waals surface area contributed by atoms with E-state index in [-0.39, 0.29) is 11.6 Å². The van der Waals surface area contributed by atoms with Crippen LogP contribution in [0, 0.1) is 13.8 Å². The lowest BCUT2D eigenvalue weighted by molar-refractivity contribution is 0.101. The highest BCUT2D eigenvalue weighted by Crippen LogP contribution is 2.32. The molecule has 0 amide bonds. The van der Waals surface area contributed by atoms with E-state index in [4.69, 9.17) is 0 Å². The molecule has 0 aromatic carbocycles. The highest BCUT2D eigenvalue weighted by Gasteiger charge is 2.18. The van der Waals surface area contributed by atoms with E-state index < -0.39 is 0 Å². The molecule has 0 aliphatic heterocycles. The standard InChI is InChI=1S/C12H12N2O2S2/c1-5-9(7(3)15)17-11(13-5)12-14-6(2)10(18-12)8(4)16/h1-4H3. The first-order valence-corrected chi connectivity index (χ1v) is 7.00. The summed E-state index contributed by atoms with van der Waals surface area (Å²) in [5.41, 5.74) is 1.44. The molecule has 2 rings (SSSR count). The molecule has 94 valence electrons. The molecule has 0 spiro atoms. The topological polar surface area (TPSA) is 59.9 Å². The summed E-state index contributed by atoms with van der Waals surface area (Å²) >= 11 is 2.66. The van der Waals surface area contributed by atoms with Crippen LogP contribution in [0.5, 0.6) is 0 Å². The van der Waals surface area contributed by atoms with E-state index in [1.54, 1.807) is 0 Å². The number of hydrogen-bond donors (Lipinski definition) is 0. The maximum absolute atomic E-state index is 11.4.